The Balaban J connectivity index is 3.18. The molecular formula is C12H14ClF3N2O2. The summed E-state index contributed by atoms with van der Waals surface area (Å²) in [6.45, 7) is 2.12. The van der Waals surface area contributed by atoms with Crippen LogP contribution in [0.4, 0.5) is 24.5 Å². The van der Waals surface area contributed by atoms with Crippen LogP contribution >= 0.6 is 11.6 Å². The molecule has 1 aromatic rings. The van der Waals surface area contributed by atoms with Crippen LogP contribution in [0.5, 0.6) is 0 Å². The van der Waals surface area contributed by atoms with Crippen molar-refractivity contribution in [3.63, 3.8) is 0 Å². The smallest absolute Gasteiger partial charge is 0.360 e. The van der Waals surface area contributed by atoms with E-state index >= 15 is 0 Å². The van der Waals surface area contributed by atoms with E-state index in [0.29, 0.717) is 0 Å². The molecule has 0 radical (unpaired) electrons. The zero-order valence-corrected chi connectivity index (χ0v) is 11.7. The number of anilines is 1. The van der Waals surface area contributed by atoms with E-state index in [2.05, 4.69) is 0 Å². The molecule has 0 amide bonds. The molecule has 0 unspecified atom stereocenters. The third-order valence-electron chi connectivity index (χ3n) is 2.71. The first-order valence-electron chi connectivity index (χ1n) is 5.82. The summed E-state index contributed by atoms with van der Waals surface area (Å²) in [7, 11) is 0. The lowest BCUT2D eigenvalue weighted by molar-refractivity contribution is -0.385. The van der Waals surface area contributed by atoms with Crippen LogP contribution in [-0.2, 0) is 5.88 Å². The van der Waals surface area contributed by atoms with Gasteiger partial charge < -0.3 is 4.90 Å². The maximum atomic E-state index is 12.6. The summed E-state index contributed by atoms with van der Waals surface area (Å²) in [5.41, 5.74) is 0.264. The number of nitrogens with zero attached hydrogens (tertiary/aromatic N) is 2. The molecule has 0 atom stereocenters. The molecular weight excluding hydrogens is 297 g/mol. The molecule has 0 bridgehead atoms. The average Bonchev–Trinajstić information content (AvgIpc) is 2.33. The molecule has 112 valence electrons. The van der Waals surface area contributed by atoms with Crippen molar-refractivity contribution in [3.8, 4) is 0 Å². The topological polar surface area (TPSA) is 46.4 Å². The summed E-state index contributed by atoms with van der Waals surface area (Å²) in [4.78, 5) is 11.3. The first-order chi connectivity index (χ1) is 9.15. The van der Waals surface area contributed by atoms with Gasteiger partial charge in [-0.3, -0.25) is 10.1 Å². The molecule has 4 nitrogen and oxygen atoms in total. The second-order valence-corrected chi connectivity index (χ2v) is 4.81. The largest absolute Gasteiger partial charge is 0.405 e. The fraction of sp³-hybridized carbons (Fsp3) is 0.500. The van der Waals surface area contributed by atoms with E-state index in [1.807, 2.05) is 0 Å². The van der Waals surface area contributed by atoms with Gasteiger partial charge in [0.15, 0.2) is 0 Å². The molecule has 0 spiro atoms. The van der Waals surface area contributed by atoms with Crippen LogP contribution in [0.1, 0.15) is 19.4 Å². The van der Waals surface area contributed by atoms with E-state index in [4.69, 9.17) is 11.6 Å². The third kappa shape index (κ3) is 4.26. The molecule has 0 aliphatic carbocycles. The molecule has 0 heterocycles. The summed E-state index contributed by atoms with van der Waals surface area (Å²) < 4.78 is 37.7. The lowest BCUT2D eigenvalue weighted by atomic mass is 10.1. The minimum Gasteiger partial charge on any atom is -0.360 e. The first-order valence-corrected chi connectivity index (χ1v) is 6.36. The second-order valence-electron chi connectivity index (χ2n) is 4.54. The van der Waals surface area contributed by atoms with Gasteiger partial charge in [-0.2, -0.15) is 13.2 Å². The summed E-state index contributed by atoms with van der Waals surface area (Å²) in [6, 6.07) is 3.41. The third-order valence-corrected chi connectivity index (χ3v) is 3.00. The van der Waals surface area contributed by atoms with Crippen molar-refractivity contribution >= 4 is 23.0 Å². The number of hydrogen-bond donors (Lipinski definition) is 0. The van der Waals surface area contributed by atoms with Gasteiger partial charge in [0.25, 0.3) is 5.69 Å². The number of hydrogen-bond acceptors (Lipinski definition) is 3. The maximum absolute atomic E-state index is 12.6. The van der Waals surface area contributed by atoms with Crippen molar-refractivity contribution < 1.29 is 18.1 Å². The molecule has 8 heteroatoms. The highest BCUT2D eigenvalue weighted by molar-refractivity contribution is 6.17. The van der Waals surface area contributed by atoms with E-state index in [1.165, 1.54) is 18.2 Å². The molecule has 0 saturated carbocycles. The van der Waals surface area contributed by atoms with Crippen LogP contribution in [0.25, 0.3) is 0 Å². The van der Waals surface area contributed by atoms with Gasteiger partial charge in [-0.15, -0.1) is 11.6 Å². The predicted octanol–water partition coefficient (Wildman–Crippen LogP) is 4.11. The lowest BCUT2D eigenvalue weighted by Gasteiger charge is -2.30. The van der Waals surface area contributed by atoms with Crippen LogP contribution in [0.2, 0.25) is 0 Å². The summed E-state index contributed by atoms with van der Waals surface area (Å²) in [6.07, 6.45) is -4.35. The van der Waals surface area contributed by atoms with Crippen molar-refractivity contribution in [2.75, 3.05) is 11.4 Å². The lowest BCUT2D eigenvalue weighted by Crippen LogP contribution is -2.39. The molecule has 0 N–H and O–H groups in total. The van der Waals surface area contributed by atoms with Crippen molar-refractivity contribution in [2.24, 2.45) is 0 Å². The first kappa shape index (κ1) is 16.6. The number of halogens is 4. The molecule has 0 aromatic heterocycles. The van der Waals surface area contributed by atoms with Gasteiger partial charge in [-0.1, -0.05) is 0 Å². The minimum atomic E-state index is -4.35. The predicted molar refractivity (Wildman–Crippen MR) is 71.2 cm³/mol. The summed E-state index contributed by atoms with van der Waals surface area (Å²) in [5, 5.41) is 10.8. The molecule has 0 saturated heterocycles. The second kappa shape index (κ2) is 6.30. The van der Waals surface area contributed by atoms with Gasteiger partial charge in [0.1, 0.15) is 6.54 Å². The highest BCUT2D eigenvalue weighted by Crippen LogP contribution is 2.29. The Labute approximate surface area is 119 Å². The van der Waals surface area contributed by atoms with Gasteiger partial charge >= 0.3 is 6.18 Å². The zero-order chi connectivity index (χ0) is 15.5. The number of benzene rings is 1. The summed E-state index contributed by atoms with van der Waals surface area (Å²) >= 11 is 5.62. The minimum absolute atomic E-state index is 0.137. The van der Waals surface area contributed by atoms with Crippen LogP contribution in [0.3, 0.4) is 0 Å². The molecule has 0 aliphatic rings. The van der Waals surface area contributed by atoms with Crippen molar-refractivity contribution in [3.05, 3.63) is 33.9 Å². The SMILES string of the molecule is CC(C)N(CC(F)(F)F)c1ccc([N+](=O)[O-])c(CCl)c1. The number of nitro groups is 1. The van der Waals surface area contributed by atoms with Crippen molar-refractivity contribution in [2.45, 2.75) is 31.9 Å². The Hall–Kier alpha value is -1.50. The Morgan fingerprint density at radius 1 is 1.40 bits per heavy atom. The van der Waals surface area contributed by atoms with E-state index < -0.39 is 23.7 Å². The average molecular weight is 311 g/mol. The van der Waals surface area contributed by atoms with Crippen molar-refractivity contribution in [1.82, 2.24) is 0 Å². The zero-order valence-electron chi connectivity index (χ0n) is 10.9. The molecule has 0 aliphatic heterocycles. The van der Waals surface area contributed by atoms with E-state index in [-0.39, 0.29) is 22.8 Å². The fourth-order valence-corrected chi connectivity index (χ4v) is 2.01. The highest BCUT2D eigenvalue weighted by Gasteiger charge is 2.32. The number of rotatable bonds is 5. The molecule has 0 fully saturated rings. The van der Waals surface area contributed by atoms with Gasteiger partial charge in [-0.25, -0.2) is 0 Å². The van der Waals surface area contributed by atoms with Crippen LogP contribution < -0.4 is 4.90 Å². The Morgan fingerprint density at radius 2 is 2.00 bits per heavy atom. The Morgan fingerprint density at radius 3 is 2.40 bits per heavy atom. The molecule has 1 aromatic carbocycles. The normalized spacial score (nSPS) is 11.8. The Bertz CT molecular complexity index is 492. The van der Waals surface area contributed by atoms with Crippen molar-refractivity contribution in [1.29, 1.82) is 0 Å². The van der Waals surface area contributed by atoms with Crippen LogP contribution in [0.15, 0.2) is 18.2 Å². The van der Waals surface area contributed by atoms with E-state index in [9.17, 15) is 23.3 Å². The van der Waals surface area contributed by atoms with Gasteiger partial charge in [0.2, 0.25) is 0 Å². The Kier molecular flexibility index (Phi) is 5.21. The molecule has 20 heavy (non-hydrogen) atoms. The van der Waals surface area contributed by atoms with E-state index in [1.54, 1.807) is 13.8 Å². The highest BCUT2D eigenvalue weighted by atomic mass is 35.5. The monoisotopic (exact) mass is 310 g/mol. The van der Waals surface area contributed by atoms with E-state index in [0.717, 1.165) is 4.90 Å². The van der Waals surface area contributed by atoms with Crippen LogP contribution in [-0.4, -0.2) is 23.7 Å². The number of alkyl halides is 4. The standard InChI is InChI=1S/C12H14ClF3N2O2/c1-8(2)17(7-12(14,15)16)10-3-4-11(18(19)20)9(5-10)6-13/h3-5,8H,6-7H2,1-2H3. The van der Waals surface area contributed by atoms with Gasteiger partial charge in [0.05, 0.1) is 10.8 Å². The van der Waals surface area contributed by atoms with Gasteiger partial charge in [-0.05, 0) is 26.0 Å². The quantitative estimate of drug-likeness (QED) is 0.467. The fourth-order valence-electron chi connectivity index (χ4n) is 1.80. The maximum Gasteiger partial charge on any atom is 0.405 e. The van der Waals surface area contributed by atoms with Gasteiger partial charge in [0, 0.05) is 23.4 Å². The molecule has 1 rings (SSSR count). The number of nitro benzene ring substituents is 1. The summed E-state index contributed by atoms with van der Waals surface area (Å²) in [5.74, 6) is -0.137. The van der Waals surface area contributed by atoms with Crippen LogP contribution in [0, 0.1) is 10.1 Å².